The van der Waals surface area contributed by atoms with Crippen LogP contribution >= 0.6 is 0 Å². The second kappa shape index (κ2) is 17.8. The molecule has 1 saturated carbocycles. The molecule has 14 nitrogen and oxygen atoms in total. The number of aliphatic hydroxyl groups excluding tert-OH is 11. The maximum atomic E-state index is 10.6. The zero-order chi connectivity index (χ0) is 31.7. The number of ether oxygens (including phenoxy) is 3. The Balaban J connectivity index is 0.000000428. The van der Waals surface area contributed by atoms with E-state index in [4.69, 9.17) is 29.5 Å². The van der Waals surface area contributed by atoms with Crippen LogP contribution in [0.15, 0.2) is 0 Å². The van der Waals surface area contributed by atoms with Gasteiger partial charge in [-0.15, -0.1) is 0 Å². The van der Waals surface area contributed by atoms with E-state index < -0.39 is 79.0 Å². The minimum atomic E-state index is -1.48. The minimum absolute atomic E-state index is 0.0246. The molecule has 0 spiro atoms. The molecule has 2 saturated heterocycles. The second-order valence-electron chi connectivity index (χ2n) is 12.3. The summed E-state index contributed by atoms with van der Waals surface area (Å²) in [6, 6.07) is 0. The summed E-state index contributed by atoms with van der Waals surface area (Å²) in [5.74, 6) is -1.49. The van der Waals surface area contributed by atoms with Gasteiger partial charge < -0.3 is 70.4 Å². The van der Waals surface area contributed by atoms with E-state index in [-0.39, 0.29) is 37.4 Å². The van der Waals surface area contributed by atoms with Crippen molar-refractivity contribution in [3.63, 3.8) is 0 Å². The first-order chi connectivity index (χ1) is 19.7. The van der Waals surface area contributed by atoms with Crippen LogP contribution in [0, 0.1) is 29.6 Å². The van der Waals surface area contributed by atoms with Crippen molar-refractivity contribution in [3.8, 4) is 0 Å². The van der Waals surface area contributed by atoms with Crippen LogP contribution in [0.3, 0.4) is 0 Å². The van der Waals surface area contributed by atoms with E-state index in [0.717, 1.165) is 0 Å². The third kappa shape index (κ3) is 9.97. The number of hydrogen-bond acceptors (Lipinski definition) is 14. The topological polar surface area (TPSA) is 250 Å². The van der Waals surface area contributed by atoms with Crippen molar-refractivity contribution in [1.82, 2.24) is 0 Å². The Labute approximate surface area is 247 Å². The van der Waals surface area contributed by atoms with Crippen molar-refractivity contribution in [1.29, 1.82) is 0 Å². The molecule has 2 aliphatic heterocycles. The van der Waals surface area contributed by atoms with Crippen molar-refractivity contribution in [2.45, 2.75) is 107 Å². The highest BCUT2D eigenvalue weighted by Gasteiger charge is 2.46. The molecule has 3 rings (SSSR count). The fraction of sp³-hybridized carbons (Fsp3) is 1.00. The predicted octanol–water partition coefficient (Wildman–Crippen LogP) is -3.66. The quantitative estimate of drug-likeness (QED) is 0.129. The van der Waals surface area contributed by atoms with Crippen LogP contribution in [0.2, 0.25) is 0 Å². The van der Waals surface area contributed by atoms with Crippen LogP contribution in [0.4, 0.5) is 0 Å². The van der Waals surface area contributed by atoms with Crippen molar-refractivity contribution in [2.24, 2.45) is 29.6 Å². The Hall–Kier alpha value is -0.560. The Morgan fingerprint density at radius 1 is 0.500 bits per heavy atom. The van der Waals surface area contributed by atoms with Gasteiger partial charge in [-0.1, -0.05) is 20.8 Å². The van der Waals surface area contributed by atoms with Gasteiger partial charge in [0.15, 0.2) is 0 Å². The van der Waals surface area contributed by atoms with Gasteiger partial charge in [0, 0.05) is 49.4 Å². The molecule has 14 heteroatoms. The monoisotopic (exact) mass is 614 g/mol. The molecule has 3 aliphatic rings. The van der Waals surface area contributed by atoms with E-state index in [1.165, 1.54) is 6.92 Å². The van der Waals surface area contributed by atoms with Gasteiger partial charge in [-0.2, -0.15) is 0 Å². The van der Waals surface area contributed by atoms with Gasteiger partial charge in [-0.05, 0) is 19.3 Å². The molecule has 250 valence electrons. The molecule has 0 aromatic rings. The van der Waals surface area contributed by atoms with Crippen molar-refractivity contribution >= 4 is 0 Å². The summed E-state index contributed by atoms with van der Waals surface area (Å²) in [7, 11) is 0. The average molecular weight is 615 g/mol. The van der Waals surface area contributed by atoms with Gasteiger partial charge in [0.05, 0.1) is 56.4 Å². The summed E-state index contributed by atoms with van der Waals surface area (Å²) in [6.07, 6.45) is -12.0. The van der Waals surface area contributed by atoms with Crippen LogP contribution < -0.4 is 0 Å². The molecule has 2 heterocycles. The number of rotatable bonds is 6. The molecule has 0 aromatic heterocycles. The summed E-state index contributed by atoms with van der Waals surface area (Å²) < 4.78 is 16.8. The summed E-state index contributed by atoms with van der Waals surface area (Å²) in [4.78, 5) is 0. The fourth-order valence-electron chi connectivity index (χ4n) is 5.68. The minimum Gasteiger partial charge on any atom is -0.392 e. The fourth-order valence-corrected chi connectivity index (χ4v) is 5.68. The highest BCUT2D eigenvalue weighted by molar-refractivity contribution is 4.96. The van der Waals surface area contributed by atoms with Gasteiger partial charge in [0.1, 0.15) is 30.5 Å². The van der Waals surface area contributed by atoms with Crippen LogP contribution in [-0.4, -0.2) is 163 Å². The van der Waals surface area contributed by atoms with Gasteiger partial charge >= 0.3 is 0 Å². The lowest BCUT2D eigenvalue weighted by atomic mass is 9.80. The van der Waals surface area contributed by atoms with E-state index in [2.05, 4.69) is 0 Å². The predicted molar refractivity (Wildman–Crippen MR) is 147 cm³/mol. The zero-order valence-electron chi connectivity index (χ0n) is 24.7. The molecular formula is C28H54O14. The lowest BCUT2D eigenvalue weighted by molar-refractivity contribution is -0.200. The van der Waals surface area contributed by atoms with Gasteiger partial charge in [-0.25, -0.2) is 0 Å². The van der Waals surface area contributed by atoms with Crippen molar-refractivity contribution in [2.75, 3.05) is 39.6 Å². The molecule has 0 bridgehead atoms. The zero-order valence-corrected chi connectivity index (χ0v) is 24.7. The normalized spacial score (nSPS) is 47.6. The summed E-state index contributed by atoms with van der Waals surface area (Å²) in [5.41, 5.74) is 0. The highest BCUT2D eigenvalue weighted by Crippen LogP contribution is 2.28. The summed E-state index contributed by atoms with van der Waals surface area (Å²) >= 11 is 0. The molecule has 42 heavy (non-hydrogen) atoms. The third-order valence-electron chi connectivity index (χ3n) is 9.07. The van der Waals surface area contributed by atoms with Crippen LogP contribution in [0.25, 0.3) is 0 Å². The number of hydrogen-bond donors (Lipinski definition) is 11. The molecule has 0 radical (unpaired) electrons. The van der Waals surface area contributed by atoms with Crippen LogP contribution in [0.1, 0.15) is 40.0 Å². The maximum absolute atomic E-state index is 10.6. The first-order valence-corrected chi connectivity index (χ1v) is 14.9. The molecular weight excluding hydrogens is 560 g/mol. The second-order valence-corrected chi connectivity index (χ2v) is 12.3. The van der Waals surface area contributed by atoms with Gasteiger partial charge in [0.2, 0.25) is 0 Å². The molecule has 1 aliphatic carbocycles. The van der Waals surface area contributed by atoms with E-state index in [0.29, 0.717) is 39.3 Å². The van der Waals surface area contributed by atoms with E-state index >= 15 is 0 Å². The molecule has 14 atom stereocenters. The molecule has 0 aromatic carbocycles. The Kier molecular flexibility index (Phi) is 16.0. The first kappa shape index (κ1) is 37.6. The molecule has 11 N–H and O–H groups in total. The first-order valence-electron chi connectivity index (χ1n) is 14.9. The molecule has 14 unspecified atom stereocenters. The molecule has 0 amide bonds. The third-order valence-corrected chi connectivity index (χ3v) is 9.07. The van der Waals surface area contributed by atoms with Gasteiger partial charge in [0.25, 0.3) is 0 Å². The largest absolute Gasteiger partial charge is 0.392 e. The van der Waals surface area contributed by atoms with E-state index in [9.17, 15) is 40.9 Å². The number of aliphatic hydroxyl groups is 11. The smallest absolute Gasteiger partial charge is 0.111 e. The Morgan fingerprint density at radius 2 is 0.952 bits per heavy atom. The lowest BCUT2D eigenvalue weighted by Crippen LogP contribution is -2.60. The average Bonchev–Trinajstić information content (AvgIpc) is 3.02. The Bertz CT molecular complexity index is 689. The van der Waals surface area contributed by atoms with E-state index in [1.807, 2.05) is 13.8 Å². The van der Waals surface area contributed by atoms with Crippen molar-refractivity contribution in [3.05, 3.63) is 0 Å². The Morgan fingerprint density at radius 3 is 1.52 bits per heavy atom. The summed E-state index contributed by atoms with van der Waals surface area (Å²) in [6.45, 7) is 7.25. The standard InChI is InChI=1S/C21H40O9.C7H14O5/c1-12-9-30-11-14(18(24)13(2)17(12)23)3-6-28-7-4-15-10-29-8-5-16(22)20(26)21(27)19(15)25;1-2-3(8)5(10)7(12)6(11)4(2)9/h12-27H,3-11H2,1-2H3;2-12H,1H3. The lowest BCUT2D eigenvalue weighted by Gasteiger charge is -2.40. The summed E-state index contributed by atoms with van der Waals surface area (Å²) in [5, 5.41) is 107. The highest BCUT2D eigenvalue weighted by atomic mass is 16.5. The SMILES string of the molecule is CC1C(O)C(O)C(O)C(O)C1O.CC1COCC(CCOCCC2COCCC(O)C(O)C(O)C2O)C(O)C(C)C1O. The van der Waals surface area contributed by atoms with E-state index in [1.54, 1.807) is 0 Å². The molecule has 3 fully saturated rings. The van der Waals surface area contributed by atoms with Gasteiger partial charge in [-0.3, -0.25) is 0 Å². The van der Waals surface area contributed by atoms with Crippen molar-refractivity contribution < 1.29 is 70.4 Å². The van der Waals surface area contributed by atoms with Crippen LogP contribution in [0.5, 0.6) is 0 Å². The maximum Gasteiger partial charge on any atom is 0.111 e. The van der Waals surface area contributed by atoms with Crippen LogP contribution in [-0.2, 0) is 14.2 Å².